The van der Waals surface area contributed by atoms with E-state index in [9.17, 15) is 4.79 Å². The van der Waals surface area contributed by atoms with Gasteiger partial charge in [0, 0.05) is 6.61 Å². The molecule has 0 spiro atoms. The Hall–Kier alpha value is -2.17. The highest BCUT2D eigenvalue weighted by molar-refractivity contribution is 5.75. The molecule has 4 atom stereocenters. The topological polar surface area (TPSA) is 61.5 Å². The summed E-state index contributed by atoms with van der Waals surface area (Å²) < 4.78 is 11.9. The van der Waals surface area contributed by atoms with Crippen molar-refractivity contribution in [2.75, 3.05) is 6.61 Å². The number of carbonyl (C=O) groups is 1. The van der Waals surface area contributed by atoms with E-state index in [-0.39, 0.29) is 24.1 Å². The molecular formula is C25H35NO3. The van der Waals surface area contributed by atoms with Crippen LogP contribution in [0, 0.1) is 5.92 Å². The molecule has 0 aromatic heterocycles. The zero-order valence-electron chi connectivity index (χ0n) is 17.9. The lowest BCUT2D eigenvalue weighted by atomic mass is 9.89. The molecule has 158 valence electrons. The van der Waals surface area contributed by atoms with Crippen molar-refractivity contribution in [2.24, 2.45) is 11.7 Å². The lowest BCUT2D eigenvalue weighted by Gasteiger charge is -2.31. The average molecular weight is 398 g/mol. The summed E-state index contributed by atoms with van der Waals surface area (Å²) in [5, 5.41) is 0. The molecule has 0 aliphatic rings. The molecule has 0 saturated heterocycles. The van der Waals surface area contributed by atoms with Gasteiger partial charge in [0.15, 0.2) is 0 Å². The fourth-order valence-electron chi connectivity index (χ4n) is 3.56. The largest absolute Gasteiger partial charge is 0.459 e. The quantitative estimate of drug-likeness (QED) is 0.421. The Morgan fingerprint density at radius 1 is 0.966 bits per heavy atom. The highest BCUT2D eigenvalue weighted by atomic mass is 16.6. The van der Waals surface area contributed by atoms with Gasteiger partial charge in [0.2, 0.25) is 0 Å². The van der Waals surface area contributed by atoms with E-state index in [1.165, 1.54) is 11.1 Å². The Balaban J connectivity index is 2.01. The van der Waals surface area contributed by atoms with Crippen LogP contribution in [-0.2, 0) is 27.1 Å². The van der Waals surface area contributed by atoms with E-state index in [0.717, 1.165) is 25.7 Å². The average Bonchev–Trinajstić information content (AvgIpc) is 2.73. The second-order valence-electron chi connectivity index (χ2n) is 7.71. The highest BCUT2D eigenvalue weighted by Crippen LogP contribution is 2.23. The summed E-state index contributed by atoms with van der Waals surface area (Å²) in [5.41, 5.74) is 8.26. The molecule has 0 unspecified atom stereocenters. The number of rotatable bonds is 12. The van der Waals surface area contributed by atoms with E-state index in [4.69, 9.17) is 15.2 Å². The Bertz CT molecular complexity index is 703. The predicted molar refractivity (Wildman–Crippen MR) is 118 cm³/mol. The summed E-state index contributed by atoms with van der Waals surface area (Å²) in [6.07, 6.45) is 3.21. The molecule has 0 aliphatic heterocycles. The van der Waals surface area contributed by atoms with Crippen LogP contribution in [0.5, 0.6) is 0 Å². The van der Waals surface area contributed by atoms with E-state index < -0.39 is 6.04 Å². The fourth-order valence-corrected chi connectivity index (χ4v) is 3.56. The van der Waals surface area contributed by atoms with Gasteiger partial charge in [-0.2, -0.15) is 0 Å². The molecule has 0 aliphatic carbocycles. The summed E-state index contributed by atoms with van der Waals surface area (Å²) in [6.45, 7) is 6.35. The molecule has 0 fully saturated rings. The van der Waals surface area contributed by atoms with Crippen LogP contribution in [0.3, 0.4) is 0 Å². The maximum absolute atomic E-state index is 12.0. The van der Waals surface area contributed by atoms with Crippen molar-refractivity contribution in [3.63, 3.8) is 0 Å². The number of hydrogen-bond donors (Lipinski definition) is 1. The van der Waals surface area contributed by atoms with Crippen LogP contribution in [0.15, 0.2) is 60.7 Å². The number of carbonyl (C=O) groups excluding carboxylic acids is 1. The first-order chi connectivity index (χ1) is 14.0. The van der Waals surface area contributed by atoms with Gasteiger partial charge in [0.25, 0.3) is 0 Å². The summed E-state index contributed by atoms with van der Waals surface area (Å²) in [5.74, 6) is -0.130. The lowest BCUT2D eigenvalue weighted by Crippen LogP contribution is -2.41. The van der Waals surface area contributed by atoms with Gasteiger partial charge in [-0.05, 0) is 50.2 Å². The van der Waals surface area contributed by atoms with Gasteiger partial charge in [-0.25, -0.2) is 0 Å². The first-order valence-electron chi connectivity index (χ1n) is 10.7. The first kappa shape index (κ1) is 23.1. The van der Waals surface area contributed by atoms with Gasteiger partial charge in [-0.3, -0.25) is 4.79 Å². The SMILES string of the molecule is CC[C@H](Cc1ccccc1)[C@@H](OCCCc1ccccc1)[C@H](C)OC(=O)[C@H](C)N. The minimum absolute atomic E-state index is 0.168. The molecule has 4 nitrogen and oxygen atoms in total. The van der Waals surface area contributed by atoms with Crippen molar-refractivity contribution in [3.05, 3.63) is 71.8 Å². The molecule has 2 aromatic carbocycles. The highest BCUT2D eigenvalue weighted by Gasteiger charge is 2.30. The summed E-state index contributed by atoms with van der Waals surface area (Å²) in [7, 11) is 0. The smallest absolute Gasteiger partial charge is 0.322 e. The number of aryl methyl sites for hydroxylation is 1. The van der Waals surface area contributed by atoms with Gasteiger partial charge in [0.05, 0.1) is 6.10 Å². The van der Waals surface area contributed by atoms with E-state index in [1.54, 1.807) is 6.92 Å². The summed E-state index contributed by atoms with van der Waals surface area (Å²) in [6, 6.07) is 20.2. The van der Waals surface area contributed by atoms with Crippen LogP contribution in [0.4, 0.5) is 0 Å². The number of esters is 1. The maximum atomic E-state index is 12.0. The summed E-state index contributed by atoms with van der Waals surface area (Å²) >= 11 is 0. The molecule has 4 heteroatoms. The van der Waals surface area contributed by atoms with Gasteiger partial charge in [0.1, 0.15) is 12.1 Å². The number of ether oxygens (including phenoxy) is 2. The van der Waals surface area contributed by atoms with E-state index >= 15 is 0 Å². The number of benzene rings is 2. The second kappa shape index (κ2) is 12.4. The number of hydrogen-bond acceptors (Lipinski definition) is 4. The minimum Gasteiger partial charge on any atom is -0.459 e. The Labute approximate surface area is 175 Å². The molecule has 2 rings (SSSR count). The normalized spacial score (nSPS) is 15.3. The first-order valence-corrected chi connectivity index (χ1v) is 10.7. The van der Waals surface area contributed by atoms with Crippen molar-refractivity contribution in [1.29, 1.82) is 0 Å². The Morgan fingerprint density at radius 3 is 2.10 bits per heavy atom. The fraction of sp³-hybridized carbons (Fsp3) is 0.480. The van der Waals surface area contributed by atoms with Gasteiger partial charge in [-0.15, -0.1) is 0 Å². The van der Waals surface area contributed by atoms with E-state index in [2.05, 4.69) is 55.5 Å². The van der Waals surface area contributed by atoms with E-state index in [1.807, 2.05) is 19.1 Å². The third-order valence-corrected chi connectivity index (χ3v) is 5.23. The monoisotopic (exact) mass is 397 g/mol. The molecule has 2 N–H and O–H groups in total. The van der Waals surface area contributed by atoms with Crippen molar-refractivity contribution >= 4 is 5.97 Å². The van der Waals surface area contributed by atoms with Gasteiger partial charge in [-0.1, -0.05) is 74.0 Å². The molecule has 0 amide bonds. The third kappa shape index (κ3) is 8.00. The predicted octanol–water partition coefficient (Wildman–Crippen LogP) is 4.55. The molecule has 0 heterocycles. The molecular weight excluding hydrogens is 362 g/mol. The van der Waals surface area contributed by atoms with Crippen molar-refractivity contribution < 1.29 is 14.3 Å². The lowest BCUT2D eigenvalue weighted by molar-refractivity contribution is -0.160. The van der Waals surface area contributed by atoms with Gasteiger partial charge < -0.3 is 15.2 Å². The number of nitrogens with two attached hydrogens (primary N) is 1. The van der Waals surface area contributed by atoms with Crippen molar-refractivity contribution in [2.45, 2.75) is 64.7 Å². The van der Waals surface area contributed by atoms with Gasteiger partial charge >= 0.3 is 5.97 Å². The summed E-state index contributed by atoms with van der Waals surface area (Å²) in [4.78, 5) is 12.0. The molecule has 2 aromatic rings. The van der Waals surface area contributed by atoms with Crippen LogP contribution in [0.25, 0.3) is 0 Å². The Kier molecular flexibility index (Phi) is 9.89. The molecule has 0 radical (unpaired) electrons. The molecule has 29 heavy (non-hydrogen) atoms. The minimum atomic E-state index is -0.634. The Morgan fingerprint density at radius 2 is 1.55 bits per heavy atom. The van der Waals surface area contributed by atoms with Crippen LogP contribution >= 0.6 is 0 Å². The van der Waals surface area contributed by atoms with Crippen molar-refractivity contribution in [1.82, 2.24) is 0 Å². The van der Waals surface area contributed by atoms with Crippen LogP contribution in [0.1, 0.15) is 44.7 Å². The standard InChI is InChI=1S/C25H35NO3/c1-4-23(18-22-14-9-6-10-15-22)24(20(3)29-25(27)19(2)26)28-17-11-16-21-12-7-5-8-13-21/h5-10,12-15,19-20,23-24H,4,11,16-18,26H2,1-3H3/t19-,20-,23+,24-/m0/s1. The van der Waals surface area contributed by atoms with Crippen LogP contribution < -0.4 is 5.73 Å². The zero-order chi connectivity index (χ0) is 21.1. The maximum Gasteiger partial charge on any atom is 0.322 e. The van der Waals surface area contributed by atoms with Crippen LogP contribution in [-0.4, -0.2) is 30.8 Å². The third-order valence-electron chi connectivity index (χ3n) is 5.23. The molecule has 0 saturated carbocycles. The van der Waals surface area contributed by atoms with Crippen LogP contribution in [0.2, 0.25) is 0 Å². The van der Waals surface area contributed by atoms with Crippen molar-refractivity contribution in [3.8, 4) is 0 Å². The second-order valence-corrected chi connectivity index (χ2v) is 7.71. The van der Waals surface area contributed by atoms with E-state index in [0.29, 0.717) is 6.61 Å². The zero-order valence-corrected chi connectivity index (χ0v) is 17.9. The molecule has 0 bridgehead atoms.